The maximum Gasteiger partial charge on any atom is 0.324 e. The average molecular weight is 241 g/mol. The van der Waals surface area contributed by atoms with Gasteiger partial charge in [0, 0.05) is 6.54 Å². The molecule has 1 N–H and O–H groups in total. The van der Waals surface area contributed by atoms with Gasteiger partial charge in [-0.15, -0.1) is 0 Å². The Hall–Kier alpha value is -0.570. The molecular weight excluding hydrogens is 214 g/mol. The molecule has 0 bridgehead atoms. The standard InChI is InChI=1S/C14H27NO2/c1-4-9-14(10-5-2,13(16)17)15(3)11-12-7-6-8-12/h12H,4-11H2,1-3H3,(H,16,17). The molecule has 0 heterocycles. The van der Waals surface area contributed by atoms with Crippen LogP contribution in [0.3, 0.4) is 0 Å². The molecule has 1 aliphatic rings. The van der Waals surface area contributed by atoms with Gasteiger partial charge in [-0.25, -0.2) is 0 Å². The van der Waals surface area contributed by atoms with E-state index in [0.29, 0.717) is 0 Å². The summed E-state index contributed by atoms with van der Waals surface area (Å²) in [5.74, 6) is 0.0930. The van der Waals surface area contributed by atoms with Crippen LogP contribution in [0.5, 0.6) is 0 Å². The Morgan fingerprint density at radius 3 is 2.12 bits per heavy atom. The molecule has 1 rings (SSSR count). The largest absolute Gasteiger partial charge is 0.480 e. The fourth-order valence-corrected chi connectivity index (χ4v) is 2.95. The van der Waals surface area contributed by atoms with Crippen LogP contribution in [-0.2, 0) is 4.79 Å². The summed E-state index contributed by atoms with van der Waals surface area (Å²) in [6.07, 6.45) is 7.26. The lowest BCUT2D eigenvalue weighted by molar-refractivity contribution is -0.152. The van der Waals surface area contributed by atoms with Crippen molar-refractivity contribution in [3.05, 3.63) is 0 Å². The van der Waals surface area contributed by atoms with Gasteiger partial charge in [0.2, 0.25) is 0 Å². The molecule has 0 atom stereocenters. The molecule has 0 saturated heterocycles. The van der Waals surface area contributed by atoms with Crippen LogP contribution in [0.2, 0.25) is 0 Å². The third-order valence-electron chi connectivity index (χ3n) is 4.21. The predicted molar refractivity (Wildman–Crippen MR) is 70.2 cm³/mol. The number of likely N-dealkylation sites (N-methyl/N-ethyl adjacent to an activating group) is 1. The maximum absolute atomic E-state index is 11.7. The van der Waals surface area contributed by atoms with Gasteiger partial charge in [-0.3, -0.25) is 9.69 Å². The Morgan fingerprint density at radius 1 is 1.29 bits per heavy atom. The second-order valence-corrected chi connectivity index (χ2v) is 5.51. The summed E-state index contributed by atoms with van der Waals surface area (Å²) in [7, 11) is 2.00. The van der Waals surface area contributed by atoms with Crippen molar-refractivity contribution in [1.29, 1.82) is 0 Å². The smallest absolute Gasteiger partial charge is 0.324 e. The molecule has 100 valence electrons. The minimum Gasteiger partial charge on any atom is -0.480 e. The fraction of sp³-hybridized carbons (Fsp3) is 0.929. The lowest BCUT2D eigenvalue weighted by atomic mass is 9.81. The SMILES string of the molecule is CCCC(CCC)(C(=O)O)N(C)CC1CCC1. The quantitative estimate of drug-likeness (QED) is 0.709. The summed E-state index contributed by atoms with van der Waals surface area (Å²) in [4.78, 5) is 13.8. The number of hydrogen-bond acceptors (Lipinski definition) is 2. The van der Waals surface area contributed by atoms with Crippen molar-refractivity contribution in [3.63, 3.8) is 0 Å². The van der Waals surface area contributed by atoms with Gasteiger partial charge in [0.1, 0.15) is 5.54 Å². The molecule has 0 spiro atoms. The van der Waals surface area contributed by atoms with Crippen molar-refractivity contribution in [2.24, 2.45) is 5.92 Å². The monoisotopic (exact) mass is 241 g/mol. The van der Waals surface area contributed by atoms with Crippen molar-refractivity contribution in [3.8, 4) is 0 Å². The molecular formula is C14H27NO2. The predicted octanol–water partition coefficient (Wildman–Crippen LogP) is 3.14. The van der Waals surface area contributed by atoms with Crippen LogP contribution >= 0.6 is 0 Å². The van der Waals surface area contributed by atoms with Crippen LogP contribution in [0.25, 0.3) is 0 Å². The van der Waals surface area contributed by atoms with Crippen molar-refractivity contribution in [2.75, 3.05) is 13.6 Å². The summed E-state index contributed by atoms with van der Waals surface area (Å²) in [5, 5.41) is 9.62. The molecule has 3 nitrogen and oxygen atoms in total. The molecule has 1 aliphatic carbocycles. The molecule has 0 amide bonds. The van der Waals surface area contributed by atoms with E-state index in [4.69, 9.17) is 0 Å². The number of rotatable bonds is 8. The van der Waals surface area contributed by atoms with E-state index in [1.54, 1.807) is 0 Å². The molecule has 1 saturated carbocycles. The summed E-state index contributed by atoms with van der Waals surface area (Å²) in [5.41, 5.74) is -0.626. The van der Waals surface area contributed by atoms with Gasteiger partial charge in [0.15, 0.2) is 0 Å². The number of aliphatic carboxylic acids is 1. The first-order valence-corrected chi connectivity index (χ1v) is 7.01. The molecule has 0 aromatic carbocycles. The summed E-state index contributed by atoms with van der Waals surface area (Å²) >= 11 is 0. The van der Waals surface area contributed by atoms with E-state index < -0.39 is 11.5 Å². The van der Waals surface area contributed by atoms with Crippen molar-refractivity contribution in [1.82, 2.24) is 4.90 Å². The van der Waals surface area contributed by atoms with Gasteiger partial charge in [-0.2, -0.15) is 0 Å². The van der Waals surface area contributed by atoms with Crippen LogP contribution in [0.1, 0.15) is 58.8 Å². The third kappa shape index (κ3) is 3.21. The molecule has 0 aromatic rings. The molecule has 17 heavy (non-hydrogen) atoms. The van der Waals surface area contributed by atoms with Crippen molar-refractivity contribution in [2.45, 2.75) is 64.3 Å². The van der Waals surface area contributed by atoms with E-state index >= 15 is 0 Å². The Balaban J connectivity index is 2.72. The van der Waals surface area contributed by atoms with Crippen molar-refractivity contribution < 1.29 is 9.90 Å². The van der Waals surface area contributed by atoms with E-state index in [1.165, 1.54) is 19.3 Å². The first kappa shape index (κ1) is 14.5. The van der Waals surface area contributed by atoms with Gasteiger partial charge in [0.05, 0.1) is 0 Å². The highest BCUT2D eigenvalue weighted by Gasteiger charge is 2.41. The van der Waals surface area contributed by atoms with Crippen LogP contribution in [0, 0.1) is 5.92 Å². The maximum atomic E-state index is 11.7. The Kier molecular flexibility index (Phi) is 5.44. The van der Waals surface area contributed by atoms with Gasteiger partial charge >= 0.3 is 5.97 Å². The Bertz CT molecular complexity index is 243. The third-order valence-corrected chi connectivity index (χ3v) is 4.21. The highest BCUT2D eigenvalue weighted by molar-refractivity contribution is 5.78. The van der Waals surface area contributed by atoms with Gasteiger partial charge in [0.25, 0.3) is 0 Å². The van der Waals surface area contributed by atoms with E-state index in [2.05, 4.69) is 18.7 Å². The minimum atomic E-state index is -0.636. The highest BCUT2D eigenvalue weighted by Crippen LogP contribution is 2.32. The minimum absolute atomic E-state index is 0.626. The first-order chi connectivity index (χ1) is 8.06. The average Bonchev–Trinajstić information content (AvgIpc) is 2.22. The van der Waals surface area contributed by atoms with Gasteiger partial charge in [-0.1, -0.05) is 33.1 Å². The number of carbonyl (C=O) groups is 1. The summed E-state index contributed by atoms with van der Waals surface area (Å²) in [6.45, 7) is 5.10. The first-order valence-electron chi connectivity index (χ1n) is 7.01. The molecule has 0 aromatic heterocycles. The van der Waals surface area contributed by atoms with Crippen LogP contribution in [0.4, 0.5) is 0 Å². The number of hydrogen-bond donors (Lipinski definition) is 1. The Labute approximate surface area is 105 Å². The van der Waals surface area contributed by atoms with E-state index in [1.807, 2.05) is 7.05 Å². The van der Waals surface area contributed by atoms with Crippen molar-refractivity contribution >= 4 is 5.97 Å². The lowest BCUT2D eigenvalue weighted by Crippen LogP contribution is -2.54. The van der Waals surface area contributed by atoms with Crippen LogP contribution < -0.4 is 0 Å². The zero-order valence-corrected chi connectivity index (χ0v) is 11.5. The summed E-state index contributed by atoms with van der Waals surface area (Å²) in [6, 6.07) is 0. The molecule has 0 unspecified atom stereocenters. The second kappa shape index (κ2) is 6.39. The fourth-order valence-electron chi connectivity index (χ4n) is 2.95. The number of carboxylic acids is 1. The summed E-state index contributed by atoms with van der Waals surface area (Å²) < 4.78 is 0. The second-order valence-electron chi connectivity index (χ2n) is 5.51. The van der Waals surface area contributed by atoms with E-state index in [9.17, 15) is 9.90 Å². The number of nitrogens with zero attached hydrogens (tertiary/aromatic N) is 1. The Morgan fingerprint density at radius 2 is 1.82 bits per heavy atom. The zero-order chi connectivity index (χ0) is 12.9. The van der Waals surface area contributed by atoms with Gasteiger partial charge < -0.3 is 5.11 Å². The van der Waals surface area contributed by atoms with Crippen LogP contribution in [0.15, 0.2) is 0 Å². The van der Waals surface area contributed by atoms with Gasteiger partial charge in [-0.05, 0) is 38.6 Å². The molecule has 1 fully saturated rings. The number of carboxylic acid groups (broad SMARTS) is 1. The molecule has 0 radical (unpaired) electrons. The normalized spacial score (nSPS) is 17.2. The lowest BCUT2D eigenvalue weighted by Gasteiger charge is -2.41. The topological polar surface area (TPSA) is 40.5 Å². The van der Waals surface area contributed by atoms with Crippen LogP contribution in [-0.4, -0.2) is 35.1 Å². The van der Waals surface area contributed by atoms with E-state index in [0.717, 1.165) is 38.1 Å². The van der Waals surface area contributed by atoms with E-state index in [-0.39, 0.29) is 0 Å². The molecule has 3 heteroatoms. The molecule has 0 aliphatic heterocycles. The highest BCUT2D eigenvalue weighted by atomic mass is 16.4. The zero-order valence-electron chi connectivity index (χ0n) is 11.5.